The highest BCUT2D eigenvalue weighted by Crippen LogP contribution is 2.34. The van der Waals surface area contributed by atoms with Crippen molar-refractivity contribution in [3.05, 3.63) is 34.9 Å². The van der Waals surface area contributed by atoms with Crippen molar-refractivity contribution >= 4 is 27.5 Å². The molecule has 1 aliphatic rings. The van der Waals surface area contributed by atoms with Crippen molar-refractivity contribution < 1.29 is 4.74 Å². The third-order valence-electron chi connectivity index (χ3n) is 3.83. The van der Waals surface area contributed by atoms with Crippen molar-refractivity contribution in [2.75, 3.05) is 5.33 Å². The van der Waals surface area contributed by atoms with E-state index in [4.69, 9.17) is 16.3 Å². The summed E-state index contributed by atoms with van der Waals surface area (Å²) in [4.78, 5) is 0. The van der Waals surface area contributed by atoms with Gasteiger partial charge in [0, 0.05) is 10.4 Å². The van der Waals surface area contributed by atoms with Crippen LogP contribution in [0.4, 0.5) is 0 Å². The molecule has 2 rings (SSSR count). The summed E-state index contributed by atoms with van der Waals surface area (Å²) in [5.74, 6) is 0.582. The van der Waals surface area contributed by atoms with E-state index in [9.17, 15) is 0 Å². The molecule has 3 heteroatoms. The predicted molar refractivity (Wildman–Crippen MR) is 85.2 cm³/mol. The lowest BCUT2D eigenvalue weighted by Gasteiger charge is -2.22. The number of alkyl halides is 1. The van der Waals surface area contributed by atoms with Crippen LogP contribution in [-0.2, 0) is 11.2 Å². The Morgan fingerprint density at radius 3 is 2.74 bits per heavy atom. The number of ether oxygens (including phenoxy) is 1. The second-order valence-corrected chi connectivity index (χ2v) is 7.14. The zero-order valence-electron chi connectivity index (χ0n) is 11.7. The molecular weight excluding hydrogens is 324 g/mol. The minimum atomic E-state index is 0.0614. The molecule has 0 aliphatic carbocycles. The van der Waals surface area contributed by atoms with Gasteiger partial charge >= 0.3 is 0 Å². The second-order valence-electron chi connectivity index (χ2n) is 6.09. The summed E-state index contributed by atoms with van der Waals surface area (Å²) in [7, 11) is 0. The lowest BCUT2D eigenvalue weighted by Crippen LogP contribution is -2.22. The molecule has 1 aromatic rings. The van der Waals surface area contributed by atoms with E-state index in [1.807, 2.05) is 12.1 Å². The third-order valence-corrected chi connectivity index (χ3v) is 5.12. The number of rotatable bonds is 5. The highest BCUT2D eigenvalue weighted by Gasteiger charge is 2.32. The Morgan fingerprint density at radius 1 is 1.42 bits per heavy atom. The van der Waals surface area contributed by atoms with Gasteiger partial charge in [-0.05, 0) is 57.1 Å². The van der Waals surface area contributed by atoms with E-state index < -0.39 is 0 Å². The van der Waals surface area contributed by atoms with E-state index >= 15 is 0 Å². The zero-order valence-corrected chi connectivity index (χ0v) is 14.0. The van der Waals surface area contributed by atoms with Gasteiger partial charge in [-0.1, -0.05) is 45.7 Å². The highest BCUT2D eigenvalue weighted by molar-refractivity contribution is 9.09. The Labute approximate surface area is 129 Å². The van der Waals surface area contributed by atoms with Gasteiger partial charge in [0.25, 0.3) is 0 Å². The summed E-state index contributed by atoms with van der Waals surface area (Å²) in [5, 5.41) is 1.87. The van der Waals surface area contributed by atoms with Crippen LogP contribution in [0.3, 0.4) is 0 Å². The third kappa shape index (κ3) is 4.47. The first-order valence-electron chi connectivity index (χ1n) is 6.97. The first-order chi connectivity index (χ1) is 9.00. The largest absolute Gasteiger partial charge is 0.372 e. The van der Waals surface area contributed by atoms with Crippen LogP contribution in [0.1, 0.15) is 38.7 Å². The molecule has 0 aromatic heterocycles. The van der Waals surface area contributed by atoms with Crippen molar-refractivity contribution in [2.45, 2.75) is 51.2 Å². The summed E-state index contributed by atoms with van der Waals surface area (Å²) in [5.41, 5.74) is 1.30. The molecule has 0 N–H and O–H groups in total. The molecule has 1 aliphatic heterocycles. The van der Waals surface area contributed by atoms with Gasteiger partial charge in [0.2, 0.25) is 0 Å². The fraction of sp³-hybridized carbons (Fsp3) is 0.625. The maximum atomic E-state index is 6.24. The average Bonchev–Trinajstić information content (AvgIpc) is 2.70. The summed E-state index contributed by atoms with van der Waals surface area (Å²) >= 11 is 9.88. The van der Waals surface area contributed by atoms with Gasteiger partial charge in [-0.15, -0.1) is 0 Å². The van der Waals surface area contributed by atoms with E-state index in [2.05, 4.69) is 41.9 Å². The average molecular weight is 346 g/mol. The molecule has 1 heterocycles. The summed E-state index contributed by atoms with van der Waals surface area (Å²) in [6.07, 6.45) is 4.88. The molecular formula is C16H22BrClO. The van der Waals surface area contributed by atoms with Gasteiger partial charge in [-0.25, -0.2) is 0 Å². The van der Waals surface area contributed by atoms with Crippen LogP contribution >= 0.6 is 27.5 Å². The van der Waals surface area contributed by atoms with Crippen LogP contribution in [0.5, 0.6) is 0 Å². The minimum Gasteiger partial charge on any atom is -0.372 e. The van der Waals surface area contributed by atoms with Crippen LogP contribution in [0, 0.1) is 5.92 Å². The van der Waals surface area contributed by atoms with Crippen molar-refractivity contribution in [3.8, 4) is 0 Å². The molecule has 0 spiro atoms. The van der Waals surface area contributed by atoms with Gasteiger partial charge in [0.05, 0.1) is 11.7 Å². The number of halogens is 2. The van der Waals surface area contributed by atoms with Gasteiger partial charge in [-0.2, -0.15) is 0 Å². The molecule has 19 heavy (non-hydrogen) atoms. The molecule has 0 bridgehead atoms. The van der Waals surface area contributed by atoms with Crippen molar-refractivity contribution in [2.24, 2.45) is 5.92 Å². The highest BCUT2D eigenvalue weighted by atomic mass is 79.9. The SMILES string of the molecule is CC1(C)CCC(CC(CBr)Cc2ccccc2Cl)O1. The first kappa shape index (κ1) is 15.3. The fourth-order valence-corrected chi connectivity index (χ4v) is 3.50. The van der Waals surface area contributed by atoms with E-state index in [0.29, 0.717) is 12.0 Å². The molecule has 1 saturated heterocycles. The Kier molecular flexibility index (Phi) is 5.33. The molecule has 2 unspecified atom stereocenters. The lowest BCUT2D eigenvalue weighted by atomic mass is 9.94. The van der Waals surface area contributed by atoms with Crippen LogP contribution in [0.25, 0.3) is 0 Å². The van der Waals surface area contributed by atoms with Crippen LogP contribution in [-0.4, -0.2) is 17.0 Å². The van der Waals surface area contributed by atoms with Gasteiger partial charge < -0.3 is 4.74 Å². The second kappa shape index (κ2) is 6.60. The van der Waals surface area contributed by atoms with E-state index in [1.165, 1.54) is 18.4 Å². The monoisotopic (exact) mass is 344 g/mol. The summed E-state index contributed by atoms with van der Waals surface area (Å²) < 4.78 is 6.10. The molecule has 1 fully saturated rings. The fourth-order valence-electron chi connectivity index (χ4n) is 2.79. The normalized spacial score (nSPS) is 23.5. The van der Waals surface area contributed by atoms with E-state index in [1.54, 1.807) is 0 Å². The van der Waals surface area contributed by atoms with Gasteiger partial charge in [0.15, 0.2) is 0 Å². The molecule has 0 saturated carbocycles. The Balaban J connectivity index is 1.93. The Hall–Kier alpha value is -0.0500. The molecule has 0 radical (unpaired) electrons. The topological polar surface area (TPSA) is 9.23 Å². The Bertz CT molecular complexity index is 419. The quantitative estimate of drug-likeness (QED) is 0.663. The van der Waals surface area contributed by atoms with Crippen LogP contribution in [0.15, 0.2) is 24.3 Å². The molecule has 0 amide bonds. The maximum absolute atomic E-state index is 6.24. The number of hydrogen-bond acceptors (Lipinski definition) is 1. The molecule has 2 atom stereocenters. The Morgan fingerprint density at radius 2 is 2.16 bits per heavy atom. The van der Waals surface area contributed by atoms with Gasteiger partial charge in [-0.3, -0.25) is 0 Å². The van der Waals surface area contributed by atoms with Crippen LogP contribution in [0.2, 0.25) is 5.02 Å². The molecule has 1 aromatic carbocycles. The summed E-state index contributed by atoms with van der Waals surface area (Å²) in [6.45, 7) is 4.37. The zero-order chi connectivity index (χ0) is 13.9. The van der Waals surface area contributed by atoms with Crippen molar-refractivity contribution in [1.29, 1.82) is 0 Å². The summed E-state index contributed by atoms with van der Waals surface area (Å²) in [6, 6.07) is 8.13. The van der Waals surface area contributed by atoms with Gasteiger partial charge in [0.1, 0.15) is 0 Å². The number of benzene rings is 1. The van der Waals surface area contributed by atoms with Crippen LogP contribution < -0.4 is 0 Å². The lowest BCUT2D eigenvalue weighted by molar-refractivity contribution is -0.0233. The molecule has 106 valence electrons. The number of hydrogen-bond donors (Lipinski definition) is 0. The molecule has 1 nitrogen and oxygen atoms in total. The smallest absolute Gasteiger partial charge is 0.0631 e. The maximum Gasteiger partial charge on any atom is 0.0631 e. The minimum absolute atomic E-state index is 0.0614. The first-order valence-corrected chi connectivity index (χ1v) is 8.47. The van der Waals surface area contributed by atoms with E-state index in [-0.39, 0.29) is 5.60 Å². The van der Waals surface area contributed by atoms with Crippen molar-refractivity contribution in [1.82, 2.24) is 0 Å². The van der Waals surface area contributed by atoms with Crippen molar-refractivity contribution in [3.63, 3.8) is 0 Å². The standard InChI is InChI=1S/C16H22BrClO/c1-16(2)8-7-14(19-16)10-12(11-17)9-13-5-3-4-6-15(13)18/h3-6,12,14H,7-11H2,1-2H3. The van der Waals surface area contributed by atoms with E-state index in [0.717, 1.165) is 23.2 Å². The predicted octanol–water partition coefficient (Wildman–Crippen LogP) is 5.24.